The van der Waals surface area contributed by atoms with E-state index in [4.69, 9.17) is 4.74 Å². The van der Waals surface area contributed by atoms with Gasteiger partial charge in [0.25, 0.3) is 0 Å². The minimum Gasteiger partial charge on any atom is -0.493 e. The van der Waals surface area contributed by atoms with Crippen LogP contribution in [0.4, 0.5) is 8.78 Å². The number of hydrogen-bond acceptors (Lipinski definition) is 2. The second-order valence-electron chi connectivity index (χ2n) is 3.73. The smallest absolute Gasteiger partial charge is 0.136 e. The van der Waals surface area contributed by atoms with Crippen molar-refractivity contribution in [2.24, 2.45) is 0 Å². The Morgan fingerprint density at radius 1 is 1.05 bits per heavy atom. The second-order valence-corrected chi connectivity index (χ2v) is 5.78. The first kappa shape index (κ1) is 14.3. The van der Waals surface area contributed by atoms with Gasteiger partial charge >= 0.3 is 0 Å². The Bertz CT molecular complexity index is 546. The maximum absolute atomic E-state index is 13.3. The molecule has 0 saturated heterocycles. The van der Waals surface area contributed by atoms with Crippen molar-refractivity contribution in [3.8, 4) is 5.75 Å². The van der Waals surface area contributed by atoms with Gasteiger partial charge in [-0.25, -0.2) is 8.78 Å². The Kier molecular flexibility index (Phi) is 5.22. The van der Waals surface area contributed by atoms with Gasteiger partial charge in [-0.05, 0) is 42.5 Å². The van der Waals surface area contributed by atoms with Gasteiger partial charge in [0.2, 0.25) is 0 Å². The molecule has 19 heavy (non-hydrogen) atoms. The Morgan fingerprint density at radius 2 is 1.79 bits per heavy atom. The van der Waals surface area contributed by atoms with Gasteiger partial charge in [-0.2, -0.15) is 0 Å². The van der Waals surface area contributed by atoms with Crippen molar-refractivity contribution in [1.29, 1.82) is 0 Å². The maximum atomic E-state index is 13.3. The minimum atomic E-state index is -0.433. The molecule has 100 valence electrons. The quantitative estimate of drug-likeness (QED) is 0.563. The topological polar surface area (TPSA) is 9.23 Å². The predicted octanol–water partition coefficient (Wildman–Crippen LogP) is 4.90. The van der Waals surface area contributed by atoms with E-state index >= 15 is 0 Å². The van der Waals surface area contributed by atoms with Crippen molar-refractivity contribution in [3.63, 3.8) is 0 Å². The summed E-state index contributed by atoms with van der Waals surface area (Å²) in [5, 5.41) is 0. The average Bonchev–Trinajstić information content (AvgIpc) is 2.40. The number of benzene rings is 2. The third-order valence-electron chi connectivity index (χ3n) is 2.32. The summed E-state index contributed by atoms with van der Waals surface area (Å²) in [6.45, 7) is 0.433. The van der Waals surface area contributed by atoms with Crippen LogP contribution in [0.15, 0.2) is 51.8 Å². The highest BCUT2D eigenvalue weighted by atomic mass is 79.9. The van der Waals surface area contributed by atoms with Gasteiger partial charge < -0.3 is 4.74 Å². The fourth-order valence-corrected chi connectivity index (χ4v) is 2.48. The third kappa shape index (κ3) is 4.51. The van der Waals surface area contributed by atoms with Crippen LogP contribution in [0.3, 0.4) is 0 Å². The lowest BCUT2D eigenvalue weighted by Crippen LogP contribution is -2.00. The van der Waals surface area contributed by atoms with Crippen LogP contribution < -0.4 is 4.74 Å². The predicted molar refractivity (Wildman–Crippen MR) is 76.7 cm³/mol. The van der Waals surface area contributed by atoms with Crippen LogP contribution in [0.2, 0.25) is 0 Å². The first-order chi connectivity index (χ1) is 9.15. The summed E-state index contributed by atoms with van der Waals surface area (Å²) in [7, 11) is 0. The van der Waals surface area contributed by atoms with Gasteiger partial charge in [0.1, 0.15) is 17.4 Å². The first-order valence-electron chi connectivity index (χ1n) is 5.61. The summed E-state index contributed by atoms with van der Waals surface area (Å²) in [4.78, 5) is 0.305. The summed E-state index contributed by atoms with van der Waals surface area (Å²) in [6, 6.07) is 10.9. The number of halogens is 3. The normalized spacial score (nSPS) is 10.5. The van der Waals surface area contributed by atoms with Crippen molar-refractivity contribution in [3.05, 3.63) is 58.6 Å². The maximum Gasteiger partial charge on any atom is 0.136 e. The first-order valence-corrected chi connectivity index (χ1v) is 7.39. The molecule has 0 atom stereocenters. The molecule has 0 aliphatic heterocycles. The highest BCUT2D eigenvalue weighted by Gasteiger charge is 2.04. The molecule has 0 saturated carbocycles. The number of ether oxygens (including phenoxy) is 1. The lowest BCUT2D eigenvalue weighted by molar-refractivity contribution is 0.344. The average molecular weight is 345 g/mol. The Hall–Kier alpha value is -1.07. The van der Waals surface area contributed by atoms with Crippen LogP contribution in [0.25, 0.3) is 0 Å². The van der Waals surface area contributed by atoms with E-state index in [0.29, 0.717) is 17.3 Å². The molecule has 0 radical (unpaired) electrons. The van der Waals surface area contributed by atoms with Crippen LogP contribution >= 0.6 is 27.7 Å². The Morgan fingerprint density at radius 3 is 2.53 bits per heavy atom. The molecule has 0 aromatic heterocycles. The molecular formula is C14H11BrF2OS. The monoisotopic (exact) mass is 344 g/mol. The molecule has 0 aliphatic carbocycles. The zero-order valence-electron chi connectivity index (χ0n) is 9.91. The van der Waals surface area contributed by atoms with Gasteiger partial charge in [-0.1, -0.05) is 15.9 Å². The van der Waals surface area contributed by atoms with Gasteiger partial charge in [-0.15, -0.1) is 11.8 Å². The van der Waals surface area contributed by atoms with Crippen LogP contribution in [-0.4, -0.2) is 12.4 Å². The van der Waals surface area contributed by atoms with Crippen molar-refractivity contribution < 1.29 is 13.5 Å². The standard InChI is InChI=1S/C14H11BrF2OS/c15-10-1-4-12(5-2-10)18-7-8-19-14-9-11(16)3-6-13(14)17/h1-6,9H,7-8H2. The highest BCUT2D eigenvalue weighted by molar-refractivity contribution is 9.10. The Labute approximate surface area is 123 Å². The molecule has 0 heterocycles. The van der Waals surface area contributed by atoms with Gasteiger partial charge in [0.05, 0.1) is 6.61 Å². The van der Waals surface area contributed by atoms with Crippen LogP contribution in [-0.2, 0) is 0 Å². The van der Waals surface area contributed by atoms with Gasteiger partial charge in [-0.3, -0.25) is 0 Å². The van der Waals surface area contributed by atoms with Crippen molar-refractivity contribution in [2.75, 3.05) is 12.4 Å². The molecule has 5 heteroatoms. The molecule has 0 amide bonds. The number of hydrogen-bond donors (Lipinski definition) is 0. The zero-order chi connectivity index (χ0) is 13.7. The third-order valence-corrected chi connectivity index (χ3v) is 3.84. The molecule has 2 aromatic carbocycles. The van der Waals surface area contributed by atoms with Gasteiger partial charge in [0.15, 0.2) is 0 Å². The largest absolute Gasteiger partial charge is 0.493 e. The summed E-state index contributed by atoms with van der Waals surface area (Å²) in [5.41, 5.74) is 0. The fourth-order valence-electron chi connectivity index (χ4n) is 1.43. The van der Waals surface area contributed by atoms with E-state index in [2.05, 4.69) is 15.9 Å². The second kappa shape index (κ2) is 6.91. The van der Waals surface area contributed by atoms with E-state index in [1.807, 2.05) is 24.3 Å². The van der Waals surface area contributed by atoms with Crippen molar-refractivity contribution >= 4 is 27.7 Å². The SMILES string of the molecule is Fc1ccc(F)c(SCCOc2ccc(Br)cc2)c1. The van der Waals surface area contributed by atoms with E-state index in [1.165, 1.54) is 17.8 Å². The molecule has 0 bridgehead atoms. The molecular weight excluding hydrogens is 334 g/mol. The summed E-state index contributed by atoms with van der Waals surface area (Å²) >= 11 is 4.57. The van der Waals surface area contributed by atoms with Crippen molar-refractivity contribution in [1.82, 2.24) is 0 Å². The van der Waals surface area contributed by atoms with Crippen molar-refractivity contribution in [2.45, 2.75) is 4.90 Å². The van der Waals surface area contributed by atoms with E-state index in [0.717, 1.165) is 22.4 Å². The zero-order valence-corrected chi connectivity index (χ0v) is 12.3. The highest BCUT2D eigenvalue weighted by Crippen LogP contribution is 2.23. The van der Waals surface area contributed by atoms with E-state index < -0.39 is 11.6 Å². The molecule has 0 spiro atoms. The molecule has 0 N–H and O–H groups in total. The number of rotatable bonds is 5. The summed E-state index contributed by atoms with van der Waals surface area (Å²) in [5.74, 6) is 0.465. The molecule has 1 nitrogen and oxygen atoms in total. The lowest BCUT2D eigenvalue weighted by atomic mass is 10.3. The molecule has 2 rings (SSSR count). The van der Waals surface area contributed by atoms with Crippen LogP contribution in [0, 0.1) is 11.6 Å². The van der Waals surface area contributed by atoms with E-state index in [9.17, 15) is 8.78 Å². The summed E-state index contributed by atoms with van der Waals surface area (Å²) < 4.78 is 32.8. The molecule has 0 unspecified atom stereocenters. The Balaban J connectivity index is 1.80. The number of thioether (sulfide) groups is 1. The van der Waals surface area contributed by atoms with E-state index in [1.54, 1.807) is 0 Å². The van der Waals surface area contributed by atoms with Crippen LogP contribution in [0.5, 0.6) is 5.75 Å². The fraction of sp³-hybridized carbons (Fsp3) is 0.143. The molecule has 0 fully saturated rings. The summed E-state index contributed by atoms with van der Waals surface area (Å²) in [6.07, 6.45) is 0. The van der Waals surface area contributed by atoms with E-state index in [-0.39, 0.29) is 0 Å². The molecule has 2 aromatic rings. The van der Waals surface area contributed by atoms with Gasteiger partial charge in [0, 0.05) is 15.1 Å². The lowest BCUT2D eigenvalue weighted by Gasteiger charge is -2.06. The minimum absolute atomic E-state index is 0.305. The molecule has 0 aliphatic rings. The van der Waals surface area contributed by atoms with Crippen LogP contribution in [0.1, 0.15) is 0 Å².